The lowest BCUT2D eigenvalue weighted by molar-refractivity contribution is -0.134. The first-order valence-corrected chi connectivity index (χ1v) is 25.9. The summed E-state index contributed by atoms with van der Waals surface area (Å²) in [4.78, 5) is 129. The molecule has 1 unspecified atom stereocenters. The molecular weight excluding hydrogens is 979 g/mol. The van der Waals surface area contributed by atoms with E-state index >= 15 is 0 Å². The van der Waals surface area contributed by atoms with E-state index in [1.165, 1.54) is 18.3 Å². The predicted octanol–water partition coefficient (Wildman–Crippen LogP) is 1.47. The maximum atomic E-state index is 12.8. The minimum Gasteiger partial charge on any atom is -0.478 e. The molecule has 1 aliphatic carbocycles. The highest BCUT2D eigenvalue weighted by molar-refractivity contribution is 7.12. The number of likely N-dealkylation sites (N-methyl/N-ethyl adjacent to an activating group) is 1. The summed E-state index contributed by atoms with van der Waals surface area (Å²) in [5.41, 5.74) is 9.67. The number of aromatic nitrogens is 2. The molecule has 11 N–H and O–H groups in total. The van der Waals surface area contributed by atoms with Crippen LogP contribution in [0.25, 0.3) is 0 Å². The van der Waals surface area contributed by atoms with Gasteiger partial charge in [0.05, 0.1) is 61.9 Å². The number of nitrogens with zero attached hydrogens (tertiary/aromatic N) is 1. The van der Waals surface area contributed by atoms with E-state index in [1.807, 2.05) is 0 Å². The number of primary amides is 1. The number of carboxylic acid groups (broad SMARTS) is 1. The Balaban J connectivity index is 0.000000526. The van der Waals surface area contributed by atoms with Gasteiger partial charge in [-0.1, -0.05) is 20.8 Å². The molecule has 0 saturated carbocycles. The number of rotatable bonds is 35. The zero-order valence-electron chi connectivity index (χ0n) is 44.7. The fourth-order valence-corrected chi connectivity index (χ4v) is 9.25. The van der Waals surface area contributed by atoms with Crippen LogP contribution >= 0.6 is 11.3 Å². The summed E-state index contributed by atoms with van der Waals surface area (Å²) in [6.45, 7) is 14.6. The number of unbranched alkanes of at least 4 members (excludes halogenated alkanes) is 1. The van der Waals surface area contributed by atoms with E-state index in [0.717, 1.165) is 23.4 Å². The Kier molecular flexibility index (Phi) is 27.3. The van der Waals surface area contributed by atoms with E-state index in [4.69, 9.17) is 20.9 Å². The summed E-state index contributed by atoms with van der Waals surface area (Å²) >= 11 is 1.25. The highest BCUT2D eigenvalue weighted by Crippen LogP contribution is 2.38. The molecule has 23 heteroatoms. The van der Waals surface area contributed by atoms with Crippen molar-refractivity contribution in [3.05, 3.63) is 39.1 Å². The topological polar surface area (TPSA) is 350 Å². The Morgan fingerprint density at radius 2 is 1.58 bits per heavy atom. The number of H-pyrrole nitrogens is 1. The summed E-state index contributed by atoms with van der Waals surface area (Å²) in [6, 6.07) is -0.367. The number of Topliss-reactive ketones (excluding diaryl/α,β-unsaturated/α-hetero) is 5. The van der Waals surface area contributed by atoms with Crippen LogP contribution in [0.1, 0.15) is 132 Å². The van der Waals surface area contributed by atoms with Crippen LogP contribution in [0.15, 0.2) is 12.5 Å². The van der Waals surface area contributed by atoms with Crippen LogP contribution in [0.3, 0.4) is 0 Å². The van der Waals surface area contributed by atoms with Crippen LogP contribution in [0.4, 0.5) is 0 Å². The van der Waals surface area contributed by atoms with Crippen molar-refractivity contribution < 1.29 is 62.5 Å². The number of thiophene rings is 1. The molecule has 2 aromatic heterocycles. The number of fused-ring (bicyclic) bond motifs is 1. The van der Waals surface area contributed by atoms with Gasteiger partial charge in [-0.25, -0.2) is 9.78 Å². The molecule has 0 aromatic carbocycles. The first-order valence-electron chi connectivity index (χ1n) is 25.1. The molecule has 0 spiro atoms. The van der Waals surface area contributed by atoms with Crippen molar-refractivity contribution in [1.82, 2.24) is 36.6 Å². The molecule has 1 aliphatic rings. The van der Waals surface area contributed by atoms with Gasteiger partial charge in [0.25, 0.3) is 0 Å². The number of ketones is 5. The normalized spacial score (nSPS) is 14.3. The second kappa shape index (κ2) is 31.3. The lowest BCUT2D eigenvalue weighted by Crippen LogP contribution is -2.57. The molecule has 2 heterocycles. The van der Waals surface area contributed by atoms with Gasteiger partial charge in [-0.3, -0.25) is 48.5 Å². The van der Waals surface area contributed by atoms with Crippen molar-refractivity contribution in [2.45, 2.75) is 143 Å². The van der Waals surface area contributed by atoms with Crippen LogP contribution in [0, 0.1) is 17.3 Å². The Hall–Kier alpha value is -5.59. The quantitative estimate of drug-likeness (QED) is 0.0349. The van der Waals surface area contributed by atoms with E-state index in [1.54, 1.807) is 68.0 Å². The average molecular weight is 1060 g/mol. The highest BCUT2D eigenvalue weighted by Gasteiger charge is 2.36. The summed E-state index contributed by atoms with van der Waals surface area (Å²) in [7, 11) is 1.68. The molecule has 2 aromatic rings. The SMILES string of the molecule is CN[C@@H](CCCCNC(=O)COCCOCCNC(=O)CC1CCc2c(sc(CC(=O)C(C)=O)c2C(=O)O)C1)C(N)=O.C[C@@H](Cc1cnc[nH]1)C(=O)NC(C)(C)C(=O)CNC(C)(C)C(=O)CCC(C)(C)C(=O)CN. The van der Waals surface area contributed by atoms with Gasteiger partial charge in [0.1, 0.15) is 6.61 Å². The summed E-state index contributed by atoms with van der Waals surface area (Å²) in [5, 5.41) is 23.9. The van der Waals surface area contributed by atoms with E-state index < -0.39 is 39.9 Å². The number of imidazole rings is 1. The largest absolute Gasteiger partial charge is 0.478 e. The number of nitrogens with one attached hydrogen (secondary N) is 6. The van der Waals surface area contributed by atoms with Crippen LogP contribution in [0.5, 0.6) is 0 Å². The minimum absolute atomic E-state index is 0.0509. The number of nitrogens with two attached hydrogens (primary N) is 2. The Morgan fingerprint density at radius 3 is 2.19 bits per heavy atom. The van der Waals surface area contributed by atoms with Crippen LogP contribution in [0.2, 0.25) is 0 Å². The van der Waals surface area contributed by atoms with Crippen molar-refractivity contribution in [2.24, 2.45) is 28.7 Å². The fraction of sp³-hybridized carbons (Fsp3) is 0.667. The van der Waals surface area contributed by atoms with Gasteiger partial charge in [0.2, 0.25) is 29.4 Å². The number of hydrogen-bond donors (Lipinski definition) is 9. The lowest BCUT2D eigenvalue weighted by atomic mass is 9.80. The average Bonchev–Trinajstić information content (AvgIpc) is 3.98. The Bertz CT molecular complexity index is 2240. The first kappa shape index (κ1) is 64.5. The standard InChI is InChI=1S/C28H42N4O9S.C23H39N5O4/c1-17(33)21(34)15-23-26(28(38)39)19-7-6-18(13-22(19)42-23)14-24(35)32-9-10-40-11-12-41-16-25(36)31-8-4-3-5-20(30-2)27(29)37;1-15(10-16-12-25-14-26-16)20(32)28-23(6,7)19(31)13-27-22(4,5)17(29)8-9-21(2,3)18(30)11-24/h18,20,30H,3-16H2,1-2H3,(H2,29,37)(H,31,36)(H,32,35)(H,38,39);12,14-15,27H,8-11,13,24H2,1-7H3,(H,25,26)(H,28,32)/t18?,20-;15-/m00/s1. The van der Waals surface area contributed by atoms with Crippen molar-refractivity contribution in [3.63, 3.8) is 0 Å². The molecule has 0 aliphatic heterocycles. The second-order valence-electron chi connectivity index (χ2n) is 20.3. The van der Waals surface area contributed by atoms with Crippen LogP contribution in [-0.4, -0.2) is 150 Å². The number of hydrogen-bond acceptors (Lipinski definition) is 17. The first-order chi connectivity index (χ1) is 34.6. The third kappa shape index (κ3) is 22.5. The molecule has 3 rings (SSSR count). The maximum absolute atomic E-state index is 12.8. The van der Waals surface area contributed by atoms with Crippen molar-refractivity contribution in [2.75, 3.05) is 59.7 Å². The fourth-order valence-electron chi connectivity index (χ4n) is 7.79. The van der Waals surface area contributed by atoms with Gasteiger partial charge in [-0.05, 0) is 91.2 Å². The van der Waals surface area contributed by atoms with Crippen molar-refractivity contribution in [3.8, 4) is 0 Å². The number of aromatic amines is 1. The van der Waals surface area contributed by atoms with Crippen molar-refractivity contribution in [1.29, 1.82) is 0 Å². The molecule has 414 valence electrons. The zero-order chi connectivity index (χ0) is 55.8. The molecule has 3 atom stereocenters. The Morgan fingerprint density at radius 1 is 0.905 bits per heavy atom. The van der Waals surface area contributed by atoms with Gasteiger partial charge >= 0.3 is 5.97 Å². The predicted molar refractivity (Wildman–Crippen MR) is 277 cm³/mol. The lowest BCUT2D eigenvalue weighted by Gasteiger charge is -2.30. The van der Waals surface area contributed by atoms with Crippen molar-refractivity contribution >= 4 is 69.9 Å². The van der Waals surface area contributed by atoms with Gasteiger partial charge < -0.3 is 52.3 Å². The van der Waals surface area contributed by atoms with E-state index in [-0.39, 0.29) is 111 Å². The number of carboxylic acids is 1. The number of carbonyl (C=O) groups excluding carboxylic acids is 9. The number of carbonyl (C=O) groups is 10. The Labute approximate surface area is 438 Å². The van der Waals surface area contributed by atoms with Gasteiger partial charge in [0, 0.05) is 78.7 Å². The van der Waals surface area contributed by atoms with E-state index in [0.29, 0.717) is 68.5 Å². The monoisotopic (exact) mass is 1060 g/mol. The van der Waals surface area contributed by atoms with Crippen LogP contribution < -0.4 is 38.1 Å². The van der Waals surface area contributed by atoms with E-state index in [9.17, 15) is 53.1 Å². The molecule has 0 radical (unpaired) electrons. The molecule has 0 bridgehead atoms. The summed E-state index contributed by atoms with van der Waals surface area (Å²) in [5.74, 6) is -4.02. The van der Waals surface area contributed by atoms with Crippen LogP contribution in [-0.2, 0) is 78.3 Å². The summed E-state index contributed by atoms with van der Waals surface area (Å²) < 4.78 is 10.7. The highest BCUT2D eigenvalue weighted by atomic mass is 32.1. The number of aromatic carboxylic acids is 1. The molecular formula is C51H81N9O13S. The molecule has 74 heavy (non-hydrogen) atoms. The van der Waals surface area contributed by atoms with E-state index in [2.05, 4.69) is 36.6 Å². The zero-order valence-corrected chi connectivity index (χ0v) is 45.5. The second-order valence-corrected chi connectivity index (χ2v) is 21.5. The van der Waals surface area contributed by atoms with Gasteiger partial charge in [0.15, 0.2) is 23.1 Å². The molecule has 0 saturated heterocycles. The van der Waals surface area contributed by atoms with Gasteiger partial charge in [-0.15, -0.1) is 11.3 Å². The smallest absolute Gasteiger partial charge is 0.337 e. The number of amides is 4. The molecule has 0 fully saturated rings. The maximum Gasteiger partial charge on any atom is 0.337 e. The van der Waals surface area contributed by atoms with Gasteiger partial charge in [-0.2, -0.15) is 0 Å². The number of ether oxygens (including phenoxy) is 2. The third-order valence-electron chi connectivity index (χ3n) is 12.9. The summed E-state index contributed by atoms with van der Waals surface area (Å²) in [6.07, 6.45) is 8.16. The third-order valence-corrected chi connectivity index (χ3v) is 14.2. The molecule has 4 amide bonds. The minimum atomic E-state index is -1.10. The molecule has 22 nitrogen and oxygen atoms in total.